The molecule has 112 valence electrons. The highest BCUT2D eigenvalue weighted by atomic mass is 19.4. The molecule has 0 heterocycles. The molecule has 0 aromatic heterocycles. The van der Waals surface area contributed by atoms with Gasteiger partial charge in [-0.1, -0.05) is 25.5 Å². The predicted molar refractivity (Wildman–Crippen MR) is 72.4 cm³/mol. The number of hydrogen-bond donors (Lipinski definition) is 2. The van der Waals surface area contributed by atoms with Gasteiger partial charge in [0.15, 0.2) is 0 Å². The van der Waals surface area contributed by atoms with Gasteiger partial charge < -0.3 is 10.6 Å². The largest absolute Gasteiger partial charge is 0.418 e. The minimum atomic E-state index is -4.43. The zero-order chi connectivity index (χ0) is 15.2. The van der Waals surface area contributed by atoms with E-state index in [0.29, 0.717) is 0 Å². The minimum absolute atomic E-state index is 0.0205. The van der Waals surface area contributed by atoms with Crippen molar-refractivity contribution in [1.29, 1.82) is 0 Å². The van der Waals surface area contributed by atoms with Gasteiger partial charge in [-0.05, 0) is 25.5 Å². The second kappa shape index (κ2) is 7.17. The fraction of sp³-hybridized carbons (Fsp3) is 0.500. The first-order chi connectivity index (χ1) is 9.34. The van der Waals surface area contributed by atoms with Crippen molar-refractivity contribution >= 4 is 11.6 Å². The number of amides is 1. The SMILES string of the molecule is CCCC(C)NC(=O)CNc1ccccc1C(F)(F)F. The zero-order valence-electron chi connectivity index (χ0n) is 11.6. The predicted octanol–water partition coefficient (Wildman–Crippen LogP) is 3.42. The van der Waals surface area contributed by atoms with Crippen LogP contribution in [-0.4, -0.2) is 18.5 Å². The molecule has 0 radical (unpaired) electrons. The quantitative estimate of drug-likeness (QED) is 0.842. The summed E-state index contributed by atoms with van der Waals surface area (Å²) in [6.07, 6.45) is -2.66. The molecule has 0 aliphatic rings. The van der Waals surface area contributed by atoms with Crippen LogP contribution >= 0.6 is 0 Å². The van der Waals surface area contributed by atoms with Crippen LogP contribution in [0.1, 0.15) is 32.3 Å². The third-order valence-electron chi connectivity index (χ3n) is 2.80. The standard InChI is InChI=1S/C14H19F3N2O/c1-3-6-10(2)19-13(20)9-18-12-8-5-4-7-11(12)14(15,16)17/h4-5,7-8,10,18H,3,6,9H2,1-2H3,(H,19,20). The molecular weight excluding hydrogens is 269 g/mol. The average molecular weight is 288 g/mol. The summed E-state index contributed by atoms with van der Waals surface area (Å²) < 4.78 is 38.2. The number of rotatable bonds is 6. The summed E-state index contributed by atoms with van der Waals surface area (Å²) in [4.78, 5) is 11.6. The molecule has 0 aliphatic heterocycles. The van der Waals surface area contributed by atoms with Gasteiger partial charge in [-0.25, -0.2) is 0 Å². The van der Waals surface area contributed by atoms with Crippen molar-refractivity contribution in [2.45, 2.75) is 38.9 Å². The number of carbonyl (C=O) groups excluding carboxylic acids is 1. The van der Waals surface area contributed by atoms with Gasteiger partial charge in [-0.3, -0.25) is 4.79 Å². The number of halogens is 3. The highest BCUT2D eigenvalue weighted by Gasteiger charge is 2.33. The monoisotopic (exact) mass is 288 g/mol. The first kappa shape index (κ1) is 16.3. The van der Waals surface area contributed by atoms with E-state index >= 15 is 0 Å². The van der Waals surface area contributed by atoms with Crippen LogP contribution in [0.15, 0.2) is 24.3 Å². The fourth-order valence-corrected chi connectivity index (χ4v) is 1.89. The Balaban J connectivity index is 2.60. The molecule has 1 aromatic rings. The number of para-hydroxylation sites is 1. The zero-order valence-corrected chi connectivity index (χ0v) is 11.6. The molecule has 0 bridgehead atoms. The maximum atomic E-state index is 12.7. The summed E-state index contributed by atoms with van der Waals surface area (Å²) in [6.45, 7) is 3.69. The summed E-state index contributed by atoms with van der Waals surface area (Å²) in [6, 6.07) is 5.13. The molecule has 0 spiro atoms. The van der Waals surface area contributed by atoms with Gasteiger partial charge >= 0.3 is 6.18 Å². The smallest absolute Gasteiger partial charge is 0.376 e. The Labute approximate surface area is 116 Å². The van der Waals surface area contributed by atoms with E-state index in [1.165, 1.54) is 18.2 Å². The molecule has 1 amide bonds. The first-order valence-corrected chi connectivity index (χ1v) is 6.54. The molecule has 1 rings (SSSR count). The normalized spacial score (nSPS) is 12.8. The Morgan fingerprint density at radius 1 is 1.30 bits per heavy atom. The lowest BCUT2D eigenvalue weighted by molar-refractivity contribution is -0.137. The van der Waals surface area contributed by atoms with E-state index in [1.807, 2.05) is 13.8 Å². The summed E-state index contributed by atoms with van der Waals surface area (Å²) in [5, 5.41) is 5.26. The van der Waals surface area contributed by atoms with Crippen LogP contribution in [0.5, 0.6) is 0 Å². The van der Waals surface area contributed by atoms with Crippen LogP contribution in [0.4, 0.5) is 18.9 Å². The van der Waals surface area contributed by atoms with Gasteiger partial charge in [0, 0.05) is 11.7 Å². The molecule has 3 nitrogen and oxygen atoms in total. The number of nitrogens with one attached hydrogen (secondary N) is 2. The van der Waals surface area contributed by atoms with E-state index in [-0.39, 0.29) is 24.2 Å². The van der Waals surface area contributed by atoms with Gasteiger partial charge in [-0.15, -0.1) is 0 Å². The van der Waals surface area contributed by atoms with Crippen LogP contribution in [0.25, 0.3) is 0 Å². The van der Waals surface area contributed by atoms with E-state index in [9.17, 15) is 18.0 Å². The molecule has 2 N–H and O–H groups in total. The number of carbonyl (C=O) groups is 1. The molecule has 0 saturated carbocycles. The highest BCUT2D eigenvalue weighted by Crippen LogP contribution is 2.34. The summed E-state index contributed by atoms with van der Waals surface area (Å²) in [5.74, 6) is -0.317. The molecule has 1 unspecified atom stereocenters. The number of anilines is 1. The second-order valence-electron chi connectivity index (χ2n) is 4.65. The Bertz CT molecular complexity index is 446. The second-order valence-corrected chi connectivity index (χ2v) is 4.65. The van der Waals surface area contributed by atoms with Crippen molar-refractivity contribution in [3.05, 3.63) is 29.8 Å². The van der Waals surface area contributed by atoms with E-state index < -0.39 is 11.7 Å². The average Bonchev–Trinajstić information content (AvgIpc) is 2.36. The lowest BCUT2D eigenvalue weighted by Gasteiger charge is -2.16. The maximum Gasteiger partial charge on any atom is 0.418 e. The van der Waals surface area contributed by atoms with Crippen LogP contribution in [0.2, 0.25) is 0 Å². The lowest BCUT2D eigenvalue weighted by Crippen LogP contribution is -2.36. The molecule has 0 aliphatic carbocycles. The molecule has 20 heavy (non-hydrogen) atoms. The van der Waals surface area contributed by atoms with Gasteiger partial charge in [0.25, 0.3) is 0 Å². The van der Waals surface area contributed by atoms with Gasteiger partial charge in [0.1, 0.15) is 0 Å². The van der Waals surface area contributed by atoms with E-state index in [1.54, 1.807) is 0 Å². The molecular formula is C14H19F3N2O. The Morgan fingerprint density at radius 2 is 1.95 bits per heavy atom. The third kappa shape index (κ3) is 5.11. The number of hydrogen-bond acceptors (Lipinski definition) is 2. The van der Waals surface area contributed by atoms with Crippen molar-refractivity contribution in [3.63, 3.8) is 0 Å². The van der Waals surface area contributed by atoms with Crippen LogP contribution in [0, 0.1) is 0 Å². The Kier molecular flexibility index (Phi) is 5.85. The van der Waals surface area contributed by atoms with Gasteiger partial charge in [0.2, 0.25) is 5.91 Å². The lowest BCUT2D eigenvalue weighted by atomic mass is 10.1. The van der Waals surface area contributed by atoms with Gasteiger partial charge in [0.05, 0.1) is 12.1 Å². The summed E-state index contributed by atoms with van der Waals surface area (Å²) in [5.41, 5.74) is -0.854. The van der Waals surface area contributed by atoms with Crippen molar-refractivity contribution in [3.8, 4) is 0 Å². The van der Waals surface area contributed by atoms with Crippen LogP contribution < -0.4 is 10.6 Å². The Morgan fingerprint density at radius 3 is 2.55 bits per heavy atom. The summed E-state index contributed by atoms with van der Waals surface area (Å²) in [7, 11) is 0. The number of benzene rings is 1. The first-order valence-electron chi connectivity index (χ1n) is 6.54. The molecule has 0 saturated heterocycles. The van der Waals surface area contributed by atoms with Crippen molar-refractivity contribution in [2.75, 3.05) is 11.9 Å². The molecule has 0 fully saturated rings. The topological polar surface area (TPSA) is 41.1 Å². The van der Waals surface area contributed by atoms with Crippen molar-refractivity contribution in [1.82, 2.24) is 5.32 Å². The molecule has 1 atom stereocenters. The van der Waals surface area contributed by atoms with Crippen molar-refractivity contribution in [2.24, 2.45) is 0 Å². The molecule has 1 aromatic carbocycles. The fourth-order valence-electron chi connectivity index (χ4n) is 1.89. The van der Waals surface area contributed by atoms with Gasteiger partial charge in [-0.2, -0.15) is 13.2 Å². The van der Waals surface area contributed by atoms with E-state index in [2.05, 4.69) is 10.6 Å². The summed E-state index contributed by atoms with van der Waals surface area (Å²) >= 11 is 0. The molecule has 6 heteroatoms. The maximum absolute atomic E-state index is 12.7. The third-order valence-corrected chi connectivity index (χ3v) is 2.80. The van der Waals surface area contributed by atoms with Crippen LogP contribution in [0.3, 0.4) is 0 Å². The van der Waals surface area contributed by atoms with Crippen LogP contribution in [-0.2, 0) is 11.0 Å². The van der Waals surface area contributed by atoms with E-state index in [0.717, 1.165) is 18.9 Å². The van der Waals surface area contributed by atoms with E-state index in [4.69, 9.17) is 0 Å². The minimum Gasteiger partial charge on any atom is -0.376 e. The Hall–Kier alpha value is -1.72. The van der Waals surface area contributed by atoms with Crippen molar-refractivity contribution < 1.29 is 18.0 Å². The number of alkyl halides is 3. The highest BCUT2D eigenvalue weighted by molar-refractivity contribution is 5.81.